The van der Waals surface area contributed by atoms with Gasteiger partial charge in [0, 0.05) is 6.54 Å². The molecule has 0 aliphatic rings. The molecule has 0 bridgehead atoms. The molecule has 1 aromatic carbocycles. The molecular formula is C17H26N2O4. The Hall–Kier alpha value is -2.24. The summed E-state index contributed by atoms with van der Waals surface area (Å²) in [4.78, 5) is 23.7. The maximum Gasteiger partial charge on any atom is 0.328 e. The van der Waals surface area contributed by atoms with Crippen molar-refractivity contribution in [3.63, 3.8) is 0 Å². The molecule has 2 amide bonds. The number of esters is 1. The summed E-state index contributed by atoms with van der Waals surface area (Å²) in [6.07, 6.45) is 1.47. The van der Waals surface area contributed by atoms with Gasteiger partial charge in [0.25, 0.3) is 0 Å². The summed E-state index contributed by atoms with van der Waals surface area (Å²) in [5.74, 6) is 0.383. The molecule has 1 aromatic rings. The first-order valence-corrected chi connectivity index (χ1v) is 7.76. The van der Waals surface area contributed by atoms with Crippen LogP contribution >= 0.6 is 0 Å². The summed E-state index contributed by atoms with van der Waals surface area (Å²) < 4.78 is 9.84. The Kier molecular flexibility index (Phi) is 7.94. The number of hydrogen-bond donors (Lipinski definition) is 2. The van der Waals surface area contributed by atoms with Crippen molar-refractivity contribution in [1.29, 1.82) is 0 Å². The van der Waals surface area contributed by atoms with Crippen LogP contribution < -0.4 is 15.4 Å². The van der Waals surface area contributed by atoms with Gasteiger partial charge in [-0.25, -0.2) is 9.59 Å². The van der Waals surface area contributed by atoms with Crippen molar-refractivity contribution in [1.82, 2.24) is 10.6 Å². The second-order valence-electron chi connectivity index (χ2n) is 5.38. The molecule has 0 aliphatic carbocycles. The number of urea groups is 1. The molecule has 0 saturated heterocycles. The summed E-state index contributed by atoms with van der Waals surface area (Å²) in [5, 5.41) is 5.44. The summed E-state index contributed by atoms with van der Waals surface area (Å²) in [6, 6.07) is 6.67. The van der Waals surface area contributed by atoms with E-state index in [2.05, 4.69) is 10.6 Å². The molecule has 128 valence electrons. The predicted octanol–water partition coefficient (Wildman–Crippen LogP) is 2.12. The molecule has 6 nitrogen and oxygen atoms in total. The monoisotopic (exact) mass is 322 g/mol. The minimum atomic E-state index is -0.633. The lowest BCUT2D eigenvalue weighted by Crippen LogP contribution is -2.49. The fourth-order valence-electron chi connectivity index (χ4n) is 2.10. The van der Waals surface area contributed by atoms with Crippen molar-refractivity contribution in [3.05, 3.63) is 29.8 Å². The van der Waals surface area contributed by atoms with Crippen molar-refractivity contribution in [2.24, 2.45) is 5.92 Å². The van der Waals surface area contributed by atoms with E-state index in [-0.39, 0.29) is 11.9 Å². The molecule has 1 rings (SSSR count). The Bertz CT molecular complexity index is 502. The molecular weight excluding hydrogens is 296 g/mol. The molecule has 0 saturated carbocycles. The molecule has 6 heteroatoms. The highest BCUT2D eigenvalue weighted by atomic mass is 16.5. The number of hydrogen-bond acceptors (Lipinski definition) is 4. The number of methoxy groups -OCH3 is 2. The first-order valence-electron chi connectivity index (χ1n) is 7.76. The molecule has 23 heavy (non-hydrogen) atoms. The van der Waals surface area contributed by atoms with Gasteiger partial charge in [-0.2, -0.15) is 0 Å². The Balaban J connectivity index is 2.43. The zero-order valence-corrected chi connectivity index (χ0v) is 14.2. The predicted molar refractivity (Wildman–Crippen MR) is 88.5 cm³/mol. The van der Waals surface area contributed by atoms with Gasteiger partial charge >= 0.3 is 12.0 Å². The van der Waals surface area contributed by atoms with E-state index < -0.39 is 12.0 Å². The summed E-state index contributed by atoms with van der Waals surface area (Å²) in [7, 11) is 2.94. The third-order valence-electron chi connectivity index (χ3n) is 3.81. The fraction of sp³-hybridized carbons (Fsp3) is 0.529. The van der Waals surface area contributed by atoms with E-state index in [9.17, 15) is 9.59 Å². The van der Waals surface area contributed by atoms with E-state index in [1.807, 2.05) is 38.1 Å². The van der Waals surface area contributed by atoms with Crippen LogP contribution in [0.15, 0.2) is 24.3 Å². The highest BCUT2D eigenvalue weighted by Gasteiger charge is 2.26. The molecule has 0 aromatic heterocycles. The summed E-state index contributed by atoms with van der Waals surface area (Å²) in [5.41, 5.74) is 1.09. The first kappa shape index (κ1) is 18.8. The lowest BCUT2D eigenvalue weighted by atomic mass is 9.99. The van der Waals surface area contributed by atoms with Crippen LogP contribution in [0.3, 0.4) is 0 Å². The second-order valence-corrected chi connectivity index (χ2v) is 5.38. The van der Waals surface area contributed by atoms with Crippen LogP contribution in [-0.4, -0.2) is 38.8 Å². The Labute approximate surface area is 137 Å². The number of nitrogens with one attached hydrogen (secondary N) is 2. The van der Waals surface area contributed by atoms with Gasteiger partial charge in [0.05, 0.1) is 14.2 Å². The van der Waals surface area contributed by atoms with E-state index in [0.29, 0.717) is 13.0 Å². The Morgan fingerprint density at radius 1 is 1.17 bits per heavy atom. The largest absolute Gasteiger partial charge is 0.497 e. The first-order chi connectivity index (χ1) is 11.0. The van der Waals surface area contributed by atoms with Gasteiger partial charge in [-0.1, -0.05) is 32.4 Å². The number of amides is 2. The van der Waals surface area contributed by atoms with Gasteiger partial charge in [-0.05, 0) is 30.0 Å². The van der Waals surface area contributed by atoms with Crippen LogP contribution in [0.5, 0.6) is 5.75 Å². The van der Waals surface area contributed by atoms with Gasteiger partial charge < -0.3 is 20.1 Å². The highest BCUT2D eigenvalue weighted by Crippen LogP contribution is 2.11. The topological polar surface area (TPSA) is 76.7 Å². The fourth-order valence-corrected chi connectivity index (χ4v) is 2.10. The van der Waals surface area contributed by atoms with E-state index in [1.54, 1.807) is 7.11 Å². The zero-order valence-electron chi connectivity index (χ0n) is 14.2. The second kappa shape index (κ2) is 9.71. The molecule has 2 N–H and O–H groups in total. The standard InChI is InChI=1S/C17H26N2O4/c1-5-12(2)15(16(20)23-4)19-17(21)18-11-10-13-6-8-14(22-3)9-7-13/h6-9,12,15H,5,10-11H2,1-4H3,(H2,18,19,21)/t12-,15+/m1/s1. The number of carbonyl (C=O) groups excluding carboxylic acids is 2. The lowest BCUT2D eigenvalue weighted by Gasteiger charge is -2.22. The van der Waals surface area contributed by atoms with Gasteiger partial charge in [0.2, 0.25) is 0 Å². The lowest BCUT2D eigenvalue weighted by molar-refractivity contribution is -0.144. The molecule has 0 heterocycles. The van der Waals surface area contributed by atoms with E-state index in [4.69, 9.17) is 9.47 Å². The van der Waals surface area contributed by atoms with Crippen LogP contribution in [0, 0.1) is 5.92 Å². The Morgan fingerprint density at radius 3 is 2.35 bits per heavy atom. The van der Waals surface area contributed by atoms with Gasteiger partial charge in [0.1, 0.15) is 11.8 Å². The van der Waals surface area contributed by atoms with Crippen molar-refractivity contribution in [3.8, 4) is 5.75 Å². The van der Waals surface area contributed by atoms with Gasteiger partial charge in [0.15, 0.2) is 0 Å². The SMILES string of the molecule is CC[C@@H](C)[C@H](NC(=O)NCCc1ccc(OC)cc1)C(=O)OC. The highest BCUT2D eigenvalue weighted by molar-refractivity contribution is 5.83. The number of rotatable bonds is 8. The summed E-state index contributed by atoms with van der Waals surface area (Å²) in [6.45, 7) is 4.34. The molecule has 0 radical (unpaired) electrons. The molecule has 2 atom stereocenters. The average Bonchev–Trinajstić information content (AvgIpc) is 2.58. The number of carbonyl (C=O) groups is 2. The molecule has 0 fully saturated rings. The van der Waals surface area contributed by atoms with E-state index >= 15 is 0 Å². The number of ether oxygens (including phenoxy) is 2. The average molecular weight is 322 g/mol. The minimum absolute atomic E-state index is 0.00906. The van der Waals surface area contributed by atoms with Gasteiger partial charge in [-0.3, -0.25) is 0 Å². The molecule has 0 spiro atoms. The van der Waals surface area contributed by atoms with Crippen LogP contribution in [0.1, 0.15) is 25.8 Å². The third kappa shape index (κ3) is 6.18. The smallest absolute Gasteiger partial charge is 0.328 e. The summed E-state index contributed by atoms with van der Waals surface area (Å²) >= 11 is 0. The van der Waals surface area contributed by atoms with Crippen molar-refractivity contribution >= 4 is 12.0 Å². The third-order valence-corrected chi connectivity index (χ3v) is 3.81. The van der Waals surface area contributed by atoms with Crippen LogP contribution in [0.4, 0.5) is 4.79 Å². The zero-order chi connectivity index (χ0) is 17.2. The molecule has 0 aliphatic heterocycles. The molecule has 0 unspecified atom stereocenters. The maximum atomic E-state index is 11.9. The van der Waals surface area contributed by atoms with Crippen LogP contribution in [-0.2, 0) is 16.0 Å². The quantitative estimate of drug-likeness (QED) is 0.719. The Morgan fingerprint density at radius 2 is 1.83 bits per heavy atom. The van der Waals surface area contributed by atoms with E-state index in [1.165, 1.54) is 7.11 Å². The van der Waals surface area contributed by atoms with Crippen molar-refractivity contribution < 1.29 is 19.1 Å². The van der Waals surface area contributed by atoms with Gasteiger partial charge in [-0.15, -0.1) is 0 Å². The van der Waals surface area contributed by atoms with Crippen molar-refractivity contribution in [2.75, 3.05) is 20.8 Å². The van der Waals surface area contributed by atoms with E-state index in [0.717, 1.165) is 17.7 Å². The van der Waals surface area contributed by atoms with Crippen molar-refractivity contribution in [2.45, 2.75) is 32.7 Å². The van der Waals surface area contributed by atoms with Crippen LogP contribution in [0.2, 0.25) is 0 Å². The normalized spacial score (nSPS) is 12.9. The minimum Gasteiger partial charge on any atom is -0.497 e. The number of benzene rings is 1. The van der Waals surface area contributed by atoms with Crippen LogP contribution in [0.25, 0.3) is 0 Å². The maximum absolute atomic E-state index is 11.9.